The highest BCUT2D eigenvalue weighted by atomic mass is 35.5. The Morgan fingerprint density at radius 3 is 2.47 bits per heavy atom. The Labute approximate surface area is 346 Å². The van der Waals surface area contributed by atoms with Crippen molar-refractivity contribution in [2.75, 3.05) is 16.9 Å². The quantitative estimate of drug-likeness (QED) is 0.111. The van der Waals surface area contributed by atoms with E-state index in [-0.39, 0.29) is 35.6 Å². The number of carboxylic acids is 1. The highest BCUT2D eigenvalue weighted by Gasteiger charge is 2.67. The second-order valence-corrected chi connectivity index (χ2v) is 17.2. The van der Waals surface area contributed by atoms with Crippen LogP contribution in [0.3, 0.4) is 0 Å². The lowest BCUT2D eigenvalue weighted by Crippen LogP contribution is -2.49. The summed E-state index contributed by atoms with van der Waals surface area (Å²) in [5.74, 6) is -7.24. The third kappa shape index (κ3) is 5.64. The van der Waals surface area contributed by atoms with Gasteiger partial charge in [0.1, 0.15) is 22.8 Å². The Morgan fingerprint density at radius 2 is 1.75 bits per heavy atom. The minimum absolute atomic E-state index is 0.0408. The fourth-order valence-electron chi connectivity index (χ4n) is 9.75. The number of hydrogen-bond donors (Lipinski definition) is 3. The summed E-state index contributed by atoms with van der Waals surface area (Å²) in [7, 11) is 3.12. The van der Waals surface area contributed by atoms with E-state index < -0.39 is 70.4 Å². The number of hydrogen-bond acceptors (Lipinski definition) is 10. The molecule has 0 bridgehead atoms. The number of halogens is 1. The molecule has 2 aliphatic heterocycles. The van der Waals surface area contributed by atoms with Gasteiger partial charge in [0.25, 0.3) is 0 Å². The van der Waals surface area contributed by atoms with Gasteiger partial charge >= 0.3 is 5.97 Å². The lowest BCUT2D eigenvalue weighted by Gasteiger charge is -2.47. The van der Waals surface area contributed by atoms with Crippen LogP contribution in [0.15, 0.2) is 78.4 Å². The van der Waals surface area contributed by atoms with E-state index in [0.717, 1.165) is 43.1 Å². The van der Waals surface area contributed by atoms with Crippen LogP contribution in [-0.4, -0.2) is 61.8 Å². The molecule has 6 atom stereocenters. The zero-order valence-electron chi connectivity index (χ0n) is 32.2. The van der Waals surface area contributed by atoms with E-state index in [2.05, 4.69) is 0 Å². The number of phenolic OH excluding ortho intramolecular Hbond substituents is 1. The van der Waals surface area contributed by atoms with E-state index in [0.29, 0.717) is 22.1 Å². The van der Waals surface area contributed by atoms with Gasteiger partial charge in [-0.3, -0.25) is 23.9 Å². The Morgan fingerprint density at radius 1 is 0.966 bits per heavy atom. The number of methoxy groups -OCH3 is 1. The molecule has 4 amide bonds. The number of carbonyl (C=O) groups excluding carboxylic acids is 4. The number of allylic oxidation sites excluding steroid dienone is 3. The van der Waals surface area contributed by atoms with Crippen LogP contribution in [0.5, 0.6) is 17.2 Å². The summed E-state index contributed by atoms with van der Waals surface area (Å²) in [6.07, 6.45) is 5.86. The number of benzene rings is 3. The largest absolute Gasteiger partial charge is 0.507 e. The van der Waals surface area contributed by atoms with Crippen LogP contribution in [0.2, 0.25) is 5.02 Å². The number of aromatic hydroxyl groups is 2. The number of aromatic carboxylic acids is 1. The monoisotopic (exact) mass is 832 g/mol. The van der Waals surface area contributed by atoms with Gasteiger partial charge in [0.15, 0.2) is 11.5 Å². The molecule has 0 radical (unpaired) electrons. The van der Waals surface area contributed by atoms with Gasteiger partial charge in [-0.15, -0.1) is 11.3 Å². The minimum Gasteiger partial charge on any atom is -0.507 e. The van der Waals surface area contributed by atoms with Crippen molar-refractivity contribution in [3.05, 3.63) is 100 Å². The van der Waals surface area contributed by atoms with Crippen LogP contribution >= 0.6 is 22.9 Å². The molecule has 3 aromatic carbocycles. The van der Waals surface area contributed by atoms with Gasteiger partial charge in [-0.2, -0.15) is 5.10 Å². The number of phenols is 2. The number of carbonyl (C=O) groups is 5. The fourth-order valence-corrected chi connectivity index (χ4v) is 11.1. The van der Waals surface area contributed by atoms with Gasteiger partial charge in [0.2, 0.25) is 23.6 Å². The SMILES string of the molecule is COc1cc(C=CC2C3=CCC4C(=O)N(c5ccc(C(=O)O)c(O)c5)C(=O)C4C3CC3C(=O)N(c4cc(-c5sc6ccc(Cl)cc6c5C)nn4C)C(=O)C23C)ccc1O. The molecule has 3 N–H and O–H groups in total. The van der Waals surface area contributed by atoms with Crippen molar-refractivity contribution in [1.82, 2.24) is 9.78 Å². The van der Waals surface area contributed by atoms with Crippen molar-refractivity contribution in [3.63, 3.8) is 0 Å². The number of fused-ring (bicyclic) bond motifs is 5. The fraction of sp³-hybridized carbons (Fsp3) is 0.273. The molecule has 59 heavy (non-hydrogen) atoms. The highest BCUT2D eigenvalue weighted by molar-refractivity contribution is 7.22. The molecule has 4 heterocycles. The first-order chi connectivity index (χ1) is 28.1. The normalized spacial score (nSPS) is 25.2. The molecule has 1 saturated carbocycles. The molecule has 13 nitrogen and oxygen atoms in total. The van der Waals surface area contributed by atoms with Gasteiger partial charge in [-0.1, -0.05) is 41.5 Å². The van der Waals surface area contributed by atoms with Crippen molar-refractivity contribution in [2.24, 2.45) is 42.1 Å². The molecular formula is C44H37ClN4O9S. The van der Waals surface area contributed by atoms with Crippen molar-refractivity contribution in [1.29, 1.82) is 0 Å². The third-order valence-electron chi connectivity index (χ3n) is 12.7. The molecule has 2 aliphatic carbocycles. The maximum absolute atomic E-state index is 15.1. The standard InChI is InChI=1S/C44H37ClN4O9S/c1-20-27-16-22(45)7-14-35(27)59-38(20)31-19-36(47(3)46-31)49-40(53)30-18-28-24(29(44(30,2)43(49)57)12-5-21-6-13-32(50)34(15-21)58-4)10-11-26-37(28)41(54)48(39(26)52)23-8-9-25(42(55)56)33(51)17-23/h5-10,12-17,19,26,28-30,37,50-51H,11,18H2,1-4H3,(H,55,56). The Balaban J connectivity index is 1.13. The molecule has 9 rings (SSSR count). The summed E-state index contributed by atoms with van der Waals surface area (Å²) in [5, 5.41) is 36.5. The number of carboxylic acid groups (broad SMARTS) is 1. The second kappa shape index (κ2) is 13.7. The topological polar surface area (TPSA) is 180 Å². The van der Waals surface area contributed by atoms with E-state index in [1.54, 1.807) is 38.2 Å². The zero-order chi connectivity index (χ0) is 41.8. The van der Waals surface area contributed by atoms with Crippen LogP contribution in [-0.2, 0) is 26.2 Å². The minimum atomic E-state index is -1.36. The molecular weight excluding hydrogens is 796 g/mol. The van der Waals surface area contributed by atoms with Crippen LogP contribution in [0.1, 0.15) is 41.3 Å². The van der Waals surface area contributed by atoms with Crippen LogP contribution < -0.4 is 14.5 Å². The van der Waals surface area contributed by atoms with Gasteiger partial charge in [0.05, 0.1) is 40.8 Å². The van der Waals surface area contributed by atoms with Gasteiger partial charge < -0.3 is 20.1 Å². The smallest absolute Gasteiger partial charge is 0.339 e. The molecule has 6 unspecified atom stereocenters. The van der Waals surface area contributed by atoms with Crippen molar-refractivity contribution in [2.45, 2.75) is 26.7 Å². The maximum atomic E-state index is 15.1. The molecule has 2 saturated heterocycles. The van der Waals surface area contributed by atoms with Gasteiger partial charge in [-0.05, 0) is 91.6 Å². The lowest BCUT2D eigenvalue weighted by atomic mass is 9.52. The predicted octanol–water partition coefficient (Wildman–Crippen LogP) is 7.36. The number of rotatable bonds is 7. The number of imide groups is 2. The summed E-state index contributed by atoms with van der Waals surface area (Å²) in [5.41, 5.74) is 1.32. The van der Waals surface area contributed by atoms with Gasteiger partial charge in [0, 0.05) is 34.8 Å². The summed E-state index contributed by atoms with van der Waals surface area (Å²) in [6, 6.07) is 15.8. The number of aryl methyl sites for hydroxylation is 2. The first kappa shape index (κ1) is 38.3. The Hall–Kier alpha value is -6.25. The van der Waals surface area contributed by atoms with Crippen LogP contribution in [0.25, 0.3) is 26.7 Å². The first-order valence-corrected chi connectivity index (χ1v) is 20.1. The van der Waals surface area contributed by atoms with Crippen molar-refractivity contribution < 1.29 is 44.0 Å². The number of ether oxygens (including phenoxy) is 1. The van der Waals surface area contributed by atoms with Crippen LogP contribution in [0.4, 0.5) is 11.5 Å². The van der Waals surface area contributed by atoms with Crippen molar-refractivity contribution in [3.8, 4) is 27.8 Å². The summed E-state index contributed by atoms with van der Waals surface area (Å²) in [6.45, 7) is 3.76. The molecule has 3 fully saturated rings. The molecule has 4 aliphatic rings. The van der Waals surface area contributed by atoms with E-state index in [4.69, 9.17) is 21.4 Å². The van der Waals surface area contributed by atoms with E-state index >= 15 is 4.79 Å². The summed E-state index contributed by atoms with van der Waals surface area (Å²) in [4.78, 5) is 73.1. The van der Waals surface area contributed by atoms with Crippen molar-refractivity contribution >= 4 is 80.2 Å². The molecule has 15 heteroatoms. The first-order valence-electron chi connectivity index (χ1n) is 18.9. The lowest BCUT2D eigenvalue weighted by molar-refractivity contribution is -0.132. The van der Waals surface area contributed by atoms with Crippen LogP contribution in [0, 0.1) is 41.9 Å². The Bertz CT molecular complexity index is 2770. The third-order valence-corrected chi connectivity index (χ3v) is 14.2. The highest BCUT2D eigenvalue weighted by Crippen LogP contribution is 2.61. The Kier molecular flexibility index (Phi) is 8.87. The molecule has 5 aromatic rings. The number of anilines is 2. The average molecular weight is 833 g/mol. The molecule has 2 aromatic heterocycles. The number of aromatic nitrogens is 2. The number of amides is 4. The summed E-state index contributed by atoms with van der Waals surface area (Å²) >= 11 is 7.85. The predicted molar refractivity (Wildman–Crippen MR) is 220 cm³/mol. The van der Waals surface area contributed by atoms with E-state index in [1.165, 1.54) is 40.2 Å². The van der Waals surface area contributed by atoms with Gasteiger partial charge in [-0.25, -0.2) is 14.6 Å². The summed E-state index contributed by atoms with van der Waals surface area (Å²) < 4.78 is 7.88. The molecule has 300 valence electrons. The number of nitrogens with zero attached hydrogens (tertiary/aromatic N) is 4. The van der Waals surface area contributed by atoms with E-state index in [1.807, 2.05) is 37.3 Å². The maximum Gasteiger partial charge on any atom is 0.339 e. The zero-order valence-corrected chi connectivity index (χ0v) is 33.7. The average Bonchev–Trinajstić information content (AvgIpc) is 3.87. The molecule has 0 spiro atoms. The second-order valence-electron chi connectivity index (χ2n) is 15.7. The number of thiophene rings is 1. The van der Waals surface area contributed by atoms with E-state index in [9.17, 15) is 34.5 Å².